The van der Waals surface area contributed by atoms with Crippen molar-refractivity contribution in [2.24, 2.45) is 11.8 Å². The third kappa shape index (κ3) is 2.54. The second-order valence-corrected chi connectivity index (χ2v) is 7.97. The van der Waals surface area contributed by atoms with Crippen LogP contribution in [0.2, 0.25) is 0 Å². The normalized spacial score (nSPS) is 29.5. The number of nitrogens with one attached hydrogen (secondary N) is 1. The minimum absolute atomic E-state index is 0.648. The van der Waals surface area contributed by atoms with E-state index in [1.807, 2.05) is 0 Å². The molecule has 3 atom stereocenters. The van der Waals surface area contributed by atoms with Gasteiger partial charge in [-0.15, -0.1) is 0 Å². The molecule has 2 fully saturated rings. The molecule has 0 radical (unpaired) electrons. The van der Waals surface area contributed by atoms with Crippen LogP contribution in [0, 0.1) is 18.8 Å². The number of nitrogens with zero attached hydrogens (tertiary/aromatic N) is 1. The van der Waals surface area contributed by atoms with Gasteiger partial charge in [-0.25, -0.2) is 4.98 Å². The smallest absolute Gasteiger partial charge is 0.110 e. The number of fused-ring (bicyclic) bond motifs is 2. The Morgan fingerprint density at radius 3 is 2.76 bits per heavy atom. The molecule has 0 aliphatic heterocycles. The number of hydrogen-bond donors (Lipinski definition) is 1. The molecule has 112 valence electrons. The number of hydrogen-bond acceptors (Lipinski definition) is 1. The lowest BCUT2D eigenvalue weighted by Gasteiger charge is -2.38. The average molecular weight is 347 g/mol. The van der Waals surface area contributed by atoms with Gasteiger partial charge >= 0.3 is 0 Å². The molecule has 2 aliphatic rings. The van der Waals surface area contributed by atoms with Gasteiger partial charge in [0.1, 0.15) is 5.82 Å². The van der Waals surface area contributed by atoms with Gasteiger partial charge in [-0.05, 0) is 55.7 Å². The lowest BCUT2D eigenvalue weighted by molar-refractivity contribution is 0.153. The Hall–Kier alpha value is -0.830. The first kappa shape index (κ1) is 13.8. The Bertz CT molecular complexity index is 661. The maximum absolute atomic E-state index is 4.94. The molecule has 3 unspecified atom stereocenters. The van der Waals surface area contributed by atoms with Gasteiger partial charge in [0, 0.05) is 10.4 Å². The highest BCUT2D eigenvalue weighted by molar-refractivity contribution is 9.10. The third-order valence-corrected chi connectivity index (χ3v) is 6.14. The maximum Gasteiger partial charge on any atom is 0.110 e. The number of benzene rings is 1. The molecule has 3 heteroatoms. The van der Waals surface area contributed by atoms with E-state index in [2.05, 4.69) is 40.0 Å². The summed E-state index contributed by atoms with van der Waals surface area (Å²) in [6.45, 7) is 2.15. The van der Waals surface area contributed by atoms with E-state index in [0.717, 1.165) is 21.8 Å². The lowest BCUT2D eigenvalue weighted by atomic mass is 9.67. The van der Waals surface area contributed by atoms with Gasteiger partial charge in [0.2, 0.25) is 0 Å². The summed E-state index contributed by atoms with van der Waals surface area (Å²) in [5.74, 6) is 3.85. The molecule has 0 spiro atoms. The predicted octanol–water partition coefficient (Wildman–Crippen LogP) is 5.71. The van der Waals surface area contributed by atoms with E-state index >= 15 is 0 Å². The first-order valence-corrected chi connectivity index (χ1v) is 9.16. The van der Waals surface area contributed by atoms with Crippen molar-refractivity contribution in [3.05, 3.63) is 28.0 Å². The summed E-state index contributed by atoms with van der Waals surface area (Å²) in [5, 5.41) is 0. The summed E-state index contributed by atoms with van der Waals surface area (Å²) >= 11 is 3.59. The molecule has 2 nitrogen and oxygen atoms in total. The zero-order valence-electron chi connectivity index (χ0n) is 12.7. The highest BCUT2D eigenvalue weighted by atomic mass is 79.9. The maximum atomic E-state index is 4.94. The number of imidazole rings is 1. The third-order valence-electron chi connectivity index (χ3n) is 5.69. The molecule has 21 heavy (non-hydrogen) atoms. The standard InChI is InChI=1S/C18H23BrN2/c1-11-8-15(19)10-16-17(11)21-18(20-16)14-7-6-12-4-2-3-5-13(12)9-14/h8,10,12-14H,2-7,9H2,1H3,(H,20,21). The highest BCUT2D eigenvalue weighted by Gasteiger charge is 2.33. The van der Waals surface area contributed by atoms with E-state index in [-0.39, 0.29) is 0 Å². The number of aryl methyl sites for hydroxylation is 1. The number of H-pyrrole nitrogens is 1. The van der Waals surface area contributed by atoms with Gasteiger partial charge in [-0.2, -0.15) is 0 Å². The molecule has 0 saturated heterocycles. The molecule has 0 bridgehead atoms. The monoisotopic (exact) mass is 346 g/mol. The molecule has 1 heterocycles. The van der Waals surface area contributed by atoms with E-state index < -0.39 is 0 Å². The fourth-order valence-electron chi connectivity index (χ4n) is 4.58. The Morgan fingerprint density at radius 1 is 1.10 bits per heavy atom. The molecule has 4 rings (SSSR count). The first-order chi connectivity index (χ1) is 10.2. The average Bonchev–Trinajstić information content (AvgIpc) is 2.91. The van der Waals surface area contributed by atoms with Crippen LogP contribution in [0.5, 0.6) is 0 Å². The van der Waals surface area contributed by atoms with Gasteiger partial charge in [0.15, 0.2) is 0 Å². The van der Waals surface area contributed by atoms with Crippen molar-refractivity contribution >= 4 is 27.0 Å². The molecular weight excluding hydrogens is 324 g/mol. The van der Waals surface area contributed by atoms with Crippen LogP contribution in [0.1, 0.15) is 62.3 Å². The first-order valence-electron chi connectivity index (χ1n) is 8.36. The fourth-order valence-corrected chi connectivity index (χ4v) is 5.15. The van der Waals surface area contributed by atoms with Crippen LogP contribution < -0.4 is 0 Å². The largest absolute Gasteiger partial charge is 0.342 e. The van der Waals surface area contributed by atoms with Crippen molar-refractivity contribution in [2.75, 3.05) is 0 Å². The van der Waals surface area contributed by atoms with E-state index in [1.54, 1.807) is 0 Å². The second-order valence-electron chi connectivity index (χ2n) is 7.06. The van der Waals surface area contributed by atoms with Crippen molar-refractivity contribution < 1.29 is 0 Å². The Morgan fingerprint density at radius 2 is 1.90 bits per heavy atom. The van der Waals surface area contributed by atoms with Crippen molar-refractivity contribution in [3.8, 4) is 0 Å². The summed E-state index contributed by atoms with van der Waals surface area (Å²) in [7, 11) is 0. The van der Waals surface area contributed by atoms with Crippen LogP contribution in [0.25, 0.3) is 11.0 Å². The minimum atomic E-state index is 0.648. The van der Waals surface area contributed by atoms with E-state index in [0.29, 0.717) is 5.92 Å². The minimum Gasteiger partial charge on any atom is -0.342 e. The Labute approximate surface area is 134 Å². The fraction of sp³-hybridized carbons (Fsp3) is 0.611. The zero-order valence-corrected chi connectivity index (χ0v) is 14.2. The van der Waals surface area contributed by atoms with Gasteiger partial charge in [-0.3, -0.25) is 0 Å². The van der Waals surface area contributed by atoms with E-state index in [9.17, 15) is 0 Å². The number of aromatic amines is 1. The van der Waals surface area contributed by atoms with Crippen molar-refractivity contribution in [1.82, 2.24) is 9.97 Å². The van der Waals surface area contributed by atoms with Gasteiger partial charge in [-0.1, -0.05) is 41.6 Å². The lowest BCUT2D eigenvalue weighted by Crippen LogP contribution is -2.27. The topological polar surface area (TPSA) is 28.7 Å². The van der Waals surface area contributed by atoms with Crippen LogP contribution in [0.4, 0.5) is 0 Å². The second kappa shape index (κ2) is 5.42. The van der Waals surface area contributed by atoms with Crippen LogP contribution in [0.3, 0.4) is 0 Å². The predicted molar refractivity (Wildman–Crippen MR) is 90.6 cm³/mol. The SMILES string of the molecule is Cc1cc(Br)cc2[nH]c(C3CCC4CCCCC4C3)nc12. The van der Waals surface area contributed by atoms with Crippen LogP contribution >= 0.6 is 15.9 Å². The summed E-state index contributed by atoms with van der Waals surface area (Å²) in [6.07, 6.45) is 9.92. The van der Waals surface area contributed by atoms with Crippen LogP contribution in [-0.2, 0) is 0 Å². The molecule has 1 aromatic carbocycles. The number of halogens is 1. The number of aromatic nitrogens is 2. The van der Waals surface area contributed by atoms with Crippen molar-refractivity contribution in [2.45, 2.75) is 57.8 Å². The van der Waals surface area contributed by atoms with Crippen LogP contribution in [0.15, 0.2) is 16.6 Å². The molecular formula is C18H23BrN2. The summed E-state index contributed by atoms with van der Waals surface area (Å²) in [5.41, 5.74) is 3.59. The molecule has 2 saturated carbocycles. The van der Waals surface area contributed by atoms with Gasteiger partial charge < -0.3 is 4.98 Å². The molecule has 1 aromatic heterocycles. The number of rotatable bonds is 1. The summed E-state index contributed by atoms with van der Waals surface area (Å²) in [4.78, 5) is 8.54. The Balaban J connectivity index is 1.63. The van der Waals surface area contributed by atoms with Crippen molar-refractivity contribution in [1.29, 1.82) is 0 Å². The Kier molecular flexibility index (Phi) is 3.56. The van der Waals surface area contributed by atoms with E-state index in [1.165, 1.54) is 61.9 Å². The molecule has 2 aromatic rings. The molecule has 2 aliphatic carbocycles. The zero-order chi connectivity index (χ0) is 14.4. The molecule has 0 amide bonds. The molecule has 1 N–H and O–H groups in total. The van der Waals surface area contributed by atoms with Crippen LogP contribution in [-0.4, -0.2) is 9.97 Å². The van der Waals surface area contributed by atoms with Crippen molar-refractivity contribution in [3.63, 3.8) is 0 Å². The quantitative estimate of drug-likeness (QED) is 0.703. The summed E-state index contributed by atoms with van der Waals surface area (Å²) < 4.78 is 1.14. The van der Waals surface area contributed by atoms with Gasteiger partial charge in [0.05, 0.1) is 11.0 Å². The van der Waals surface area contributed by atoms with E-state index in [4.69, 9.17) is 4.98 Å². The summed E-state index contributed by atoms with van der Waals surface area (Å²) in [6, 6.07) is 4.32. The highest BCUT2D eigenvalue weighted by Crippen LogP contribution is 2.45. The van der Waals surface area contributed by atoms with Gasteiger partial charge in [0.25, 0.3) is 0 Å².